The van der Waals surface area contributed by atoms with E-state index >= 15 is 0 Å². The Labute approximate surface area is 99.3 Å². The maximum Gasteiger partial charge on any atom is 0.0743 e. The van der Waals surface area contributed by atoms with Crippen LogP contribution < -0.4 is 5.73 Å². The fraction of sp³-hybridized carbons (Fsp3) is 1.00. The average Bonchev–Trinajstić information content (AvgIpc) is 2.86. The second-order valence-corrected chi connectivity index (χ2v) is 5.46. The van der Waals surface area contributed by atoms with Gasteiger partial charge in [0.05, 0.1) is 11.6 Å². The summed E-state index contributed by atoms with van der Waals surface area (Å²) in [5.41, 5.74) is 6.18. The van der Waals surface area contributed by atoms with Gasteiger partial charge in [-0.25, -0.2) is 0 Å². The molecule has 0 bridgehead atoms. The van der Waals surface area contributed by atoms with Crippen LogP contribution in [0.1, 0.15) is 39.5 Å². The lowest BCUT2D eigenvalue weighted by molar-refractivity contribution is 0.0250. The van der Waals surface area contributed by atoms with Crippen molar-refractivity contribution in [3.8, 4) is 0 Å². The molecule has 2 heterocycles. The third-order valence-electron chi connectivity index (χ3n) is 4.63. The average molecular weight is 226 g/mol. The van der Waals surface area contributed by atoms with Crippen LogP contribution in [-0.2, 0) is 4.74 Å². The highest BCUT2D eigenvalue weighted by atomic mass is 16.5. The molecular formula is C13H26N2O. The predicted molar refractivity (Wildman–Crippen MR) is 66.4 cm³/mol. The highest BCUT2D eigenvalue weighted by Crippen LogP contribution is 2.36. The van der Waals surface area contributed by atoms with Gasteiger partial charge in [0.1, 0.15) is 0 Å². The van der Waals surface area contributed by atoms with Crippen LogP contribution in [0, 0.1) is 5.92 Å². The fourth-order valence-electron chi connectivity index (χ4n) is 3.46. The van der Waals surface area contributed by atoms with Gasteiger partial charge in [-0.3, -0.25) is 4.90 Å². The molecule has 0 amide bonds. The molecule has 16 heavy (non-hydrogen) atoms. The van der Waals surface area contributed by atoms with E-state index < -0.39 is 0 Å². The number of likely N-dealkylation sites (tertiary alicyclic amines) is 1. The Morgan fingerprint density at radius 1 is 1.50 bits per heavy atom. The van der Waals surface area contributed by atoms with Crippen molar-refractivity contribution in [1.29, 1.82) is 0 Å². The molecule has 0 spiro atoms. The molecule has 3 unspecified atom stereocenters. The van der Waals surface area contributed by atoms with Crippen LogP contribution >= 0.6 is 0 Å². The van der Waals surface area contributed by atoms with E-state index in [1.54, 1.807) is 0 Å². The van der Waals surface area contributed by atoms with E-state index in [-0.39, 0.29) is 5.54 Å². The summed E-state index contributed by atoms with van der Waals surface area (Å²) in [6.45, 7) is 8.55. The van der Waals surface area contributed by atoms with Gasteiger partial charge in [-0.1, -0.05) is 13.3 Å². The lowest BCUT2D eigenvalue weighted by atomic mass is 9.90. The van der Waals surface area contributed by atoms with Gasteiger partial charge in [0.25, 0.3) is 0 Å². The van der Waals surface area contributed by atoms with Crippen molar-refractivity contribution < 1.29 is 4.74 Å². The monoisotopic (exact) mass is 226 g/mol. The summed E-state index contributed by atoms with van der Waals surface area (Å²) < 4.78 is 5.75. The third kappa shape index (κ3) is 2.01. The summed E-state index contributed by atoms with van der Waals surface area (Å²) in [5.74, 6) is 0.890. The molecule has 2 saturated heterocycles. The van der Waals surface area contributed by atoms with E-state index in [0.717, 1.165) is 25.5 Å². The Morgan fingerprint density at radius 2 is 2.31 bits per heavy atom. The first-order valence-corrected chi connectivity index (χ1v) is 6.79. The highest BCUT2D eigenvalue weighted by molar-refractivity contribution is 5.02. The summed E-state index contributed by atoms with van der Waals surface area (Å²) in [6.07, 6.45) is 5.44. The van der Waals surface area contributed by atoms with Crippen LogP contribution in [0.4, 0.5) is 0 Å². The van der Waals surface area contributed by atoms with Crippen molar-refractivity contribution >= 4 is 0 Å². The molecule has 3 heteroatoms. The molecule has 0 aliphatic carbocycles. The Hall–Kier alpha value is -0.120. The van der Waals surface area contributed by atoms with Crippen LogP contribution in [0.5, 0.6) is 0 Å². The summed E-state index contributed by atoms with van der Waals surface area (Å²) in [7, 11) is 0. The van der Waals surface area contributed by atoms with E-state index in [4.69, 9.17) is 10.5 Å². The van der Waals surface area contributed by atoms with E-state index in [0.29, 0.717) is 6.10 Å². The van der Waals surface area contributed by atoms with E-state index in [9.17, 15) is 0 Å². The van der Waals surface area contributed by atoms with Gasteiger partial charge >= 0.3 is 0 Å². The maximum atomic E-state index is 6.04. The van der Waals surface area contributed by atoms with Gasteiger partial charge < -0.3 is 10.5 Å². The number of hydrogen-bond acceptors (Lipinski definition) is 3. The zero-order chi connectivity index (χ0) is 11.6. The number of hydrogen-bond donors (Lipinski definition) is 1. The van der Waals surface area contributed by atoms with Gasteiger partial charge in [0.2, 0.25) is 0 Å². The van der Waals surface area contributed by atoms with Crippen molar-refractivity contribution in [2.75, 3.05) is 26.2 Å². The smallest absolute Gasteiger partial charge is 0.0743 e. The largest absolute Gasteiger partial charge is 0.376 e. The van der Waals surface area contributed by atoms with Gasteiger partial charge in [-0.05, 0) is 38.6 Å². The Kier molecular flexibility index (Phi) is 3.88. The molecule has 2 aliphatic heterocycles. The Bertz CT molecular complexity index is 234. The van der Waals surface area contributed by atoms with Crippen LogP contribution in [0.15, 0.2) is 0 Å². The number of ether oxygens (including phenoxy) is 1. The van der Waals surface area contributed by atoms with Crippen molar-refractivity contribution in [2.24, 2.45) is 11.7 Å². The molecular weight excluding hydrogens is 200 g/mol. The number of nitrogens with two attached hydrogens (primary N) is 1. The highest BCUT2D eigenvalue weighted by Gasteiger charge is 2.47. The van der Waals surface area contributed by atoms with E-state index in [1.165, 1.54) is 32.4 Å². The minimum Gasteiger partial charge on any atom is -0.376 e. The normalized spacial score (nSPS) is 40.7. The van der Waals surface area contributed by atoms with Gasteiger partial charge in [-0.2, -0.15) is 0 Å². The summed E-state index contributed by atoms with van der Waals surface area (Å²) in [4.78, 5) is 2.62. The van der Waals surface area contributed by atoms with Gasteiger partial charge in [-0.15, -0.1) is 0 Å². The fourth-order valence-corrected chi connectivity index (χ4v) is 3.46. The zero-order valence-corrected chi connectivity index (χ0v) is 10.7. The molecule has 0 saturated carbocycles. The van der Waals surface area contributed by atoms with E-state index in [1.807, 2.05) is 0 Å². The first kappa shape index (κ1) is 12.3. The molecule has 2 N–H and O–H groups in total. The molecule has 0 radical (unpaired) electrons. The molecule has 3 atom stereocenters. The lowest BCUT2D eigenvalue weighted by Gasteiger charge is -2.40. The summed E-state index contributed by atoms with van der Waals surface area (Å²) in [5, 5.41) is 0. The molecule has 3 nitrogen and oxygen atoms in total. The summed E-state index contributed by atoms with van der Waals surface area (Å²) >= 11 is 0. The minimum atomic E-state index is 0.141. The second kappa shape index (κ2) is 5.03. The van der Waals surface area contributed by atoms with Gasteiger partial charge in [0.15, 0.2) is 0 Å². The second-order valence-electron chi connectivity index (χ2n) is 5.46. The van der Waals surface area contributed by atoms with Crippen LogP contribution in [0.25, 0.3) is 0 Å². The number of nitrogens with zero attached hydrogens (tertiary/aromatic N) is 1. The Balaban J connectivity index is 2.01. The Morgan fingerprint density at radius 3 is 2.88 bits per heavy atom. The van der Waals surface area contributed by atoms with E-state index in [2.05, 4.69) is 18.7 Å². The molecule has 2 aliphatic rings. The molecule has 94 valence electrons. The first-order chi connectivity index (χ1) is 7.73. The predicted octanol–water partition coefficient (Wildman–Crippen LogP) is 1.61. The minimum absolute atomic E-state index is 0.141. The van der Waals surface area contributed by atoms with Crippen LogP contribution in [-0.4, -0.2) is 42.8 Å². The maximum absolute atomic E-state index is 6.04. The van der Waals surface area contributed by atoms with Crippen molar-refractivity contribution in [2.45, 2.75) is 51.2 Å². The molecule has 0 aromatic heterocycles. The molecule has 0 aromatic rings. The van der Waals surface area contributed by atoms with Gasteiger partial charge in [0, 0.05) is 19.7 Å². The van der Waals surface area contributed by atoms with Crippen LogP contribution in [0.2, 0.25) is 0 Å². The molecule has 2 fully saturated rings. The standard InChI is InChI=1S/C13H26N2O/c1-3-4-12-5-7-15(9-12)13(10-14)6-8-16-11(13)2/h11-12H,3-10,14H2,1-2H3. The van der Waals surface area contributed by atoms with Crippen molar-refractivity contribution in [3.63, 3.8) is 0 Å². The zero-order valence-electron chi connectivity index (χ0n) is 10.7. The third-order valence-corrected chi connectivity index (χ3v) is 4.63. The molecule has 0 aromatic carbocycles. The quantitative estimate of drug-likeness (QED) is 0.791. The first-order valence-electron chi connectivity index (χ1n) is 6.79. The van der Waals surface area contributed by atoms with Crippen molar-refractivity contribution in [3.05, 3.63) is 0 Å². The molecule has 2 rings (SSSR count). The summed E-state index contributed by atoms with van der Waals surface area (Å²) in [6, 6.07) is 0. The van der Waals surface area contributed by atoms with Crippen molar-refractivity contribution in [1.82, 2.24) is 4.90 Å². The number of rotatable bonds is 4. The lowest BCUT2D eigenvalue weighted by Crippen LogP contribution is -2.57. The topological polar surface area (TPSA) is 38.5 Å². The van der Waals surface area contributed by atoms with Crippen LogP contribution in [0.3, 0.4) is 0 Å². The SMILES string of the molecule is CCCC1CCN(C2(CN)CCOC2C)C1.